The molecule has 0 aromatic carbocycles. The number of ether oxygens (including phenoxy) is 1. The maximum Gasteiger partial charge on any atom is 0.274 e. The minimum Gasteiger partial charge on any atom is -0.377 e. The average molecular weight is 362 g/mol. The van der Waals surface area contributed by atoms with Crippen LogP contribution in [0.3, 0.4) is 0 Å². The summed E-state index contributed by atoms with van der Waals surface area (Å²) in [5.74, 6) is 0.0936. The molecule has 2 aliphatic heterocycles. The molecule has 2 aromatic rings. The Morgan fingerprint density at radius 1 is 1.36 bits per heavy atom. The van der Waals surface area contributed by atoms with Crippen molar-refractivity contribution in [2.75, 3.05) is 33.3 Å². The number of fused-ring (bicyclic) bond motifs is 1. The largest absolute Gasteiger partial charge is 0.377 e. The third-order valence-electron chi connectivity index (χ3n) is 5.17. The van der Waals surface area contributed by atoms with E-state index in [9.17, 15) is 4.79 Å². The maximum atomic E-state index is 13.0. The molecule has 2 saturated heterocycles. The molecule has 2 aliphatic rings. The predicted octanol–water partition coefficient (Wildman–Crippen LogP) is 2.63. The molecule has 0 saturated carbocycles. The van der Waals surface area contributed by atoms with Crippen LogP contribution in [0.25, 0.3) is 4.96 Å². The van der Waals surface area contributed by atoms with Gasteiger partial charge in [-0.1, -0.05) is 0 Å². The lowest BCUT2D eigenvalue weighted by atomic mass is 10.1. The van der Waals surface area contributed by atoms with Gasteiger partial charge in [0.05, 0.1) is 11.8 Å². The predicted molar refractivity (Wildman–Crippen MR) is 98.1 cm³/mol. The second kappa shape index (κ2) is 7.43. The Morgan fingerprint density at radius 2 is 2.20 bits per heavy atom. The van der Waals surface area contributed by atoms with Gasteiger partial charge in [0.2, 0.25) is 0 Å². The molecule has 4 heterocycles. The number of amides is 1. The van der Waals surface area contributed by atoms with Crippen LogP contribution in [0.5, 0.6) is 0 Å². The van der Waals surface area contributed by atoms with Gasteiger partial charge in [0.1, 0.15) is 0 Å². The smallest absolute Gasteiger partial charge is 0.274 e. The molecular formula is C18H26N4O2S. The standard InChI is InChI=1S/C18H26N4O2S/c1-20(12-14-6-5-10-24-14)13-15-16(19-18-22(15)9-11-25-18)17(23)21-7-3-2-4-8-21/h9,11,14H,2-8,10,12-13H2,1H3. The Balaban J connectivity index is 1.55. The number of aromatic nitrogens is 2. The van der Waals surface area contributed by atoms with Crippen LogP contribution < -0.4 is 0 Å². The van der Waals surface area contributed by atoms with E-state index in [1.54, 1.807) is 11.3 Å². The third-order valence-corrected chi connectivity index (χ3v) is 5.92. The molecule has 0 aliphatic carbocycles. The van der Waals surface area contributed by atoms with Crippen molar-refractivity contribution in [1.29, 1.82) is 0 Å². The number of carbonyl (C=O) groups excluding carboxylic acids is 1. The molecule has 0 spiro atoms. The van der Waals surface area contributed by atoms with Crippen LogP contribution >= 0.6 is 11.3 Å². The first kappa shape index (κ1) is 17.0. The monoisotopic (exact) mass is 362 g/mol. The van der Waals surface area contributed by atoms with Crippen molar-refractivity contribution in [1.82, 2.24) is 19.2 Å². The quantitative estimate of drug-likeness (QED) is 0.820. The molecule has 2 fully saturated rings. The summed E-state index contributed by atoms with van der Waals surface area (Å²) in [4.78, 5) is 22.8. The molecule has 2 aromatic heterocycles. The number of hydrogen-bond donors (Lipinski definition) is 0. The summed E-state index contributed by atoms with van der Waals surface area (Å²) < 4.78 is 7.83. The molecule has 0 N–H and O–H groups in total. The van der Waals surface area contributed by atoms with Gasteiger partial charge in [-0.15, -0.1) is 11.3 Å². The van der Waals surface area contributed by atoms with Gasteiger partial charge in [0.25, 0.3) is 5.91 Å². The summed E-state index contributed by atoms with van der Waals surface area (Å²) in [6.07, 6.45) is 8.04. The van der Waals surface area contributed by atoms with Crippen molar-refractivity contribution in [3.05, 3.63) is 23.0 Å². The van der Waals surface area contributed by atoms with E-state index in [1.165, 1.54) is 6.42 Å². The first-order valence-corrected chi connectivity index (χ1v) is 10.1. The Kier molecular flexibility index (Phi) is 5.05. The van der Waals surface area contributed by atoms with Crippen LogP contribution in [0.15, 0.2) is 11.6 Å². The lowest BCUT2D eigenvalue weighted by Gasteiger charge is -2.27. The normalized spacial score (nSPS) is 21.5. The lowest BCUT2D eigenvalue weighted by Crippen LogP contribution is -2.37. The van der Waals surface area contributed by atoms with Crippen LogP contribution in [0, 0.1) is 0 Å². The van der Waals surface area contributed by atoms with E-state index < -0.39 is 0 Å². The van der Waals surface area contributed by atoms with Crippen molar-refractivity contribution < 1.29 is 9.53 Å². The Bertz CT molecular complexity index is 729. The minimum absolute atomic E-state index is 0.0936. The molecule has 1 unspecified atom stereocenters. The summed E-state index contributed by atoms with van der Waals surface area (Å²) in [7, 11) is 2.10. The lowest BCUT2D eigenvalue weighted by molar-refractivity contribution is 0.0711. The van der Waals surface area contributed by atoms with Crippen molar-refractivity contribution in [3.8, 4) is 0 Å². The van der Waals surface area contributed by atoms with E-state index in [2.05, 4.69) is 21.3 Å². The molecule has 1 atom stereocenters. The second-order valence-corrected chi connectivity index (χ2v) is 8.02. The van der Waals surface area contributed by atoms with E-state index in [4.69, 9.17) is 4.74 Å². The van der Waals surface area contributed by atoms with Gasteiger partial charge in [0.15, 0.2) is 10.7 Å². The van der Waals surface area contributed by atoms with Crippen LogP contribution in [0.2, 0.25) is 0 Å². The molecule has 1 amide bonds. The Hall–Kier alpha value is -1.44. The summed E-state index contributed by atoms with van der Waals surface area (Å²) in [5, 5.41) is 2.03. The SMILES string of the molecule is CN(Cc1c(C(=O)N2CCCCC2)nc2sccn12)CC1CCCO1. The number of piperidine rings is 1. The van der Waals surface area contributed by atoms with Gasteiger partial charge in [-0.25, -0.2) is 4.98 Å². The second-order valence-electron chi connectivity index (χ2n) is 7.15. The summed E-state index contributed by atoms with van der Waals surface area (Å²) in [6, 6.07) is 0. The maximum absolute atomic E-state index is 13.0. The molecular weight excluding hydrogens is 336 g/mol. The number of imidazole rings is 1. The third kappa shape index (κ3) is 3.59. The number of hydrogen-bond acceptors (Lipinski definition) is 5. The number of carbonyl (C=O) groups is 1. The van der Waals surface area contributed by atoms with Crippen LogP contribution in [0.4, 0.5) is 0 Å². The molecule has 0 radical (unpaired) electrons. The molecule has 136 valence electrons. The van der Waals surface area contributed by atoms with Gasteiger partial charge in [-0.05, 0) is 39.2 Å². The number of nitrogens with zero attached hydrogens (tertiary/aromatic N) is 4. The molecule has 25 heavy (non-hydrogen) atoms. The zero-order valence-corrected chi connectivity index (χ0v) is 15.6. The highest BCUT2D eigenvalue weighted by Crippen LogP contribution is 2.22. The van der Waals surface area contributed by atoms with Crippen LogP contribution in [-0.2, 0) is 11.3 Å². The van der Waals surface area contributed by atoms with Gasteiger partial charge >= 0.3 is 0 Å². The van der Waals surface area contributed by atoms with E-state index in [0.717, 1.165) is 62.6 Å². The van der Waals surface area contributed by atoms with Gasteiger partial charge in [-0.3, -0.25) is 14.1 Å². The number of rotatable bonds is 5. The minimum atomic E-state index is 0.0936. The molecule has 6 nitrogen and oxygen atoms in total. The van der Waals surface area contributed by atoms with E-state index in [-0.39, 0.29) is 5.91 Å². The van der Waals surface area contributed by atoms with E-state index >= 15 is 0 Å². The molecule has 4 rings (SSSR count). The van der Waals surface area contributed by atoms with Crippen molar-refractivity contribution in [2.24, 2.45) is 0 Å². The zero-order valence-electron chi connectivity index (χ0n) is 14.8. The van der Waals surface area contributed by atoms with E-state index in [1.807, 2.05) is 16.5 Å². The van der Waals surface area contributed by atoms with Gasteiger partial charge in [-0.2, -0.15) is 0 Å². The highest BCUT2D eigenvalue weighted by Gasteiger charge is 2.27. The Labute approximate surface area is 152 Å². The van der Waals surface area contributed by atoms with Crippen LogP contribution in [-0.4, -0.2) is 64.5 Å². The summed E-state index contributed by atoms with van der Waals surface area (Å²) >= 11 is 1.58. The first-order chi connectivity index (χ1) is 12.2. The topological polar surface area (TPSA) is 50.1 Å². The zero-order chi connectivity index (χ0) is 17.2. The van der Waals surface area contributed by atoms with Gasteiger partial charge in [0, 0.05) is 44.4 Å². The highest BCUT2D eigenvalue weighted by molar-refractivity contribution is 7.15. The summed E-state index contributed by atoms with van der Waals surface area (Å²) in [5.41, 5.74) is 1.64. The van der Waals surface area contributed by atoms with Crippen molar-refractivity contribution in [3.63, 3.8) is 0 Å². The summed E-state index contributed by atoms with van der Waals surface area (Å²) in [6.45, 7) is 4.20. The van der Waals surface area contributed by atoms with Gasteiger partial charge < -0.3 is 9.64 Å². The fourth-order valence-corrected chi connectivity index (χ4v) is 4.59. The average Bonchev–Trinajstić information content (AvgIpc) is 3.34. The van der Waals surface area contributed by atoms with E-state index in [0.29, 0.717) is 18.3 Å². The van der Waals surface area contributed by atoms with Crippen LogP contribution in [0.1, 0.15) is 48.3 Å². The first-order valence-electron chi connectivity index (χ1n) is 9.26. The fourth-order valence-electron chi connectivity index (χ4n) is 3.86. The number of likely N-dealkylation sites (tertiary alicyclic amines) is 1. The Morgan fingerprint density at radius 3 is 2.96 bits per heavy atom. The fraction of sp³-hybridized carbons (Fsp3) is 0.667. The number of thiazole rings is 1. The molecule has 7 heteroatoms. The van der Waals surface area contributed by atoms with Crippen molar-refractivity contribution in [2.45, 2.75) is 44.8 Å². The highest BCUT2D eigenvalue weighted by atomic mass is 32.1. The molecule has 0 bridgehead atoms. The number of likely N-dealkylation sites (N-methyl/N-ethyl adjacent to an activating group) is 1. The van der Waals surface area contributed by atoms with Crippen molar-refractivity contribution >= 4 is 22.2 Å².